The lowest BCUT2D eigenvalue weighted by molar-refractivity contribution is 0.102. The van der Waals surface area contributed by atoms with E-state index in [4.69, 9.17) is 11.6 Å². The molecule has 0 radical (unpaired) electrons. The van der Waals surface area contributed by atoms with Gasteiger partial charge >= 0.3 is 0 Å². The van der Waals surface area contributed by atoms with Gasteiger partial charge in [0.15, 0.2) is 11.7 Å². The largest absolute Gasteiger partial charge is 0.495 e. The first-order chi connectivity index (χ1) is 6.70. The normalized spacial score (nSPS) is 10.6. The Hall–Kier alpha value is -1.48. The van der Waals surface area contributed by atoms with Gasteiger partial charge in [0.1, 0.15) is 0 Å². The third kappa shape index (κ3) is 1.46. The van der Waals surface area contributed by atoms with Crippen molar-refractivity contribution in [3.05, 3.63) is 29.8 Å². The van der Waals surface area contributed by atoms with E-state index in [0.717, 1.165) is 10.9 Å². The minimum atomic E-state index is -0.116. The number of hydrogen-bond acceptors (Lipinski definition) is 2. The van der Waals surface area contributed by atoms with Crippen LogP contribution in [0.3, 0.4) is 0 Å². The summed E-state index contributed by atoms with van der Waals surface area (Å²) in [5.74, 6) is -0.0493. The number of rotatable bonds is 2. The van der Waals surface area contributed by atoms with Crippen LogP contribution in [0.2, 0.25) is 0 Å². The predicted octanol–water partition coefficient (Wildman–Crippen LogP) is 2.29. The molecule has 0 fully saturated rings. The topological polar surface area (TPSA) is 53.1 Å². The maximum Gasteiger partial charge on any atom is 0.189 e. The third-order valence-corrected chi connectivity index (χ3v) is 2.29. The first kappa shape index (κ1) is 9.09. The molecule has 0 bridgehead atoms. The molecule has 0 aliphatic rings. The van der Waals surface area contributed by atoms with Crippen molar-refractivity contribution in [1.29, 1.82) is 0 Å². The van der Waals surface area contributed by atoms with E-state index in [2.05, 4.69) is 4.98 Å². The van der Waals surface area contributed by atoms with Crippen molar-refractivity contribution in [2.75, 3.05) is 5.88 Å². The molecule has 0 aliphatic carbocycles. The fourth-order valence-electron chi connectivity index (χ4n) is 1.37. The lowest BCUT2D eigenvalue weighted by Crippen LogP contribution is -1.99. The van der Waals surface area contributed by atoms with Gasteiger partial charge in [0, 0.05) is 22.5 Å². The minimum Gasteiger partial charge on any atom is -0.495 e. The highest BCUT2D eigenvalue weighted by Crippen LogP contribution is 2.20. The summed E-state index contributed by atoms with van der Waals surface area (Å²) in [4.78, 5) is 14.0. The van der Waals surface area contributed by atoms with E-state index in [9.17, 15) is 9.90 Å². The number of alkyl halides is 1. The van der Waals surface area contributed by atoms with Crippen LogP contribution in [0.15, 0.2) is 24.3 Å². The van der Waals surface area contributed by atoms with Crippen LogP contribution >= 0.6 is 11.6 Å². The molecule has 14 heavy (non-hydrogen) atoms. The maximum absolute atomic E-state index is 11.3. The Morgan fingerprint density at radius 3 is 2.93 bits per heavy atom. The van der Waals surface area contributed by atoms with Gasteiger partial charge in [-0.2, -0.15) is 0 Å². The summed E-state index contributed by atoms with van der Waals surface area (Å²) < 4.78 is 0. The van der Waals surface area contributed by atoms with E-state index in [1.54, 1.807) is 24.3 Å². The van der Waals surface area contributed by atoms with Crippen LogP contribution in [0, 0.1) is 0 Å². The summed E-state index contributed by atoms with van der Waals surface area (Å²) >= 11 is 5.44. The number of aromatic hydroxyl groups is 1. The lowest BCUT2D eigenvalue weighted by atomic mass is 10.1. The molecule has 4 heteroatoms. The molecule has 72 valence electrons. The predicted molar refractivity (Wildman–Crippen MR) is 55.0 cm³/mol. The Labute approximate surface area is 85.3 Å². The number of Topliss-reactive ketones (excluding diaryl/α,β-unsaturated/α-hetero) is 1. The summed E-state index contributed by atoms with van der Waals surface area (Å²) in [6.45, 7) is 0. The molecular formula is C10H8ClNO2. The SMILES string of the molecule is O=C(CCl)c1ccc2[nH]c(O)cc2c1. The molecule has 1 heterocycles. The molecule has 2 N–H and O–H groups in total. The first-order valence-corrected chi connectivity index (χ1v) is 4.65. The van der Waals surface area contributed by atoms with Crippen LogP contribution in [0.25, 0.3) is 10.9 Å². The van der Waals surface area contributed by atoms with Crippen molar-refractivity contribution in [2.45, 2.75) is 0 Å². The van der Waals surface area contributed by atoms with Gasteiger partial charge < -0.3 is 10.1 Å². The number of fused-ring (bicyclic) bond motifs is 1. The van der Waals surface area contributed by atoms with Crippen molar-refractivity contribution in [2.24, 2.45) is 0 Å². The Bertz CT molecular complexity index is 490. The molecule has 0 unspecified atom stereocenters. The van der Waals surface area contributed by atoms with E-state index >= 15 is 0 Å². The zero-order valence-electron chi connectivity index (χ0n) is 7.25. The maximum atomic E-state index is 11.3. The van der Waals surface area contributed by atoms with E-state index in [-0.39, 0.29) is 17.5 Å². The average molecular weight is 210 g/mol. The minimum absolute atomic E-state index is 0.0259. The lowest BCUT2D eigenvalue weighted by Gasteiger charge is -1.96. The highest BCUT2D eigenvalue weighted by molar-refractivity contribution is 6.30. The summed E-state index contributed by atoms with van der Waals surface area (Å²) in [6.07, 6.45) is 0. The second-order valence-corrected chi connectivity index (χ2v) is 3.28. The Morgan fingerprint density at radius 1 is 1.43 bits per heavy atom. The second kappa shape index (κ2) is 3.35. The van der Waals surface area contributed by atoms with Crippen molar-refractivity contribution in [1.82, 2.24) is 4.98 Å². The van der Waals surface area contributed by atoms with Crippen LogP contribution in [-0.2, 0) is 0 Å². The van der Waals surface area contributed by atoms with Crippen molar-refractivity contribution >= 4 is 28.3 Å². The number of carbonyl (C=O) groups is 1. The monoisotopic (exact) mass is 209 g/mol. The number of hydrogen-bond donors (Lipinski definition) is 2. The summed E-state index contributed by atoms with van der Waals surface area (Å²) in [7, 11) is 0. The van der Waals surface area contributed by atoms with E-state index < -0.39 is 0 Å². The van der Waals surface area contributed by atoms with Crippen LogP contribution in [0.4, 0.5) is 0 Å². The summed E-state index contributed by atoms with van der Waals surface area (Å²) in [5, 5.41) is 9.98. The van der Waals surface area contributed by atoms with Gasteiger partial charge in [-0.25, -0.2) is 0 Å². The van der Waals surface area contributed by atoms with Gasteiger partial charge in [0.05, 0.1) is 5.88 Å². The smallest absolute Gasteiger partial charge is 0.189 e. The standard InChI is InChI=1S/C10H8ClNO2/c11-5-9(13)6-1-2-8-7(3-6)4-10(14)12-8/h1-4,12,14H,5H2. The van der Waals surface area contributed by atoms with Gasteiger partial charge in [0.2, 0.25) is 0 Å². The highest BCUT2D eigenvalue weighted by Gasteiger charge is 2.06. The van der Waals surface area contributed by atoms with Crippen molar-refractivity contribution in [3.63, 3.8) is 0 Å². The molecular weight excluding hydrogens is 202 g/mol. The summed E-state index contributed by atoms with van der Waals surface area (Å²) in [5.41, 5.74) is 1.36. The molecule has 2 rings (SSSR count). The number of benzene rings is 1. The van der Waals surface area contributed by atoms with Crippen molar-refractivity contribution in [3.8, 4) is 5.88 Å². The fraction of sp³-hybridized carbons (Fsp3) is 0.100. The number of ketones is 1. The fourth-order valence-corrected chi connectivity index (χ4v) is 1.52. The molecule has 3 nitrogen and oxygen atoms in total. The van der Waals surface area contributed by atoms with Gasteiger partial charge in [-0.1, -0.05) is 0 Å². The van der Waals surface area contributed by atoms with E-state index in [0.29, 0.717) is 5.56 Å². The van der Waals surface area contributed by atoms with Crippen molar-refractivity contribution < 1.29 is 9.90 Å². The Morgan fingerprint density at radius 2 is 2.21 bits per heavy atom. The average Bonchev–Trinajstić information content (AvgIpc) is 2.55. The van der Waals surface area contributed by atoms with E-state index in [1.807, 2.05) is 0 Å². The molecule has 0 spiro atoms. The Kier molecular flexibility index (Phi) is 2.17. The highest BCUT2D eigenvalue weighted by atomic mass is 35.5. The molecule has 0 saturated heterocycles. The molecule has 1 aromatic carbocycles. The summed E-state index contributed by atoms with van der Waals surface area (Å²) in [6, 6.07) is 6.70. The number of nitrogens with one attached hydrogen (secondary N) is 1. The van der Waals surface area contributed by atoms with Gasteiger partial charge in [-0.3, -0.25) is 4.79 Å². The Balaban J connectivity index is 2.55. The quantitative estimate of drug-likeness (QED) is 0.589. The van der Waals surface area contributed by atoms with Crippen LogP contribution in [0.5, 0.6) is 5.88 Å². The number of carbonyl (C=O) groups excluding carboxylic acids is 1. The molecule has 0 atom stereocenters. The second-order valence-electron chi connectivity index (χ2n) is 3.01. The van der Waals surface area contributed by atoms with Gasteiger partial charge in [-0.15, -0.1) is 11.6 Å². The third-order valence-electron chi connectivity index (χ3n) is 2.05. The number of aromatic nitrogens is 1. The van der Waals surface area contributed by atoms with Gasteiger partial charge in [-0.05, 0) is 18.2 Å². The van der Waals surface area contributed by atoms with Crippen LogP contribution in [0.1, 0.15) is 10.4 Å². The number of aromatic amines is 1. The first-order valence-electron chi connectivity index (χ1n) is 4.11. The van der Waals surface area contributed by atoms with Crippen LogP contribution in [-0.4, -0.2) is 21.8 Å². The zero-order chi connectivity index (χ0) is 10.1. The zero-order valence-corrected chi connectivity index (χ0v) is 8.01. The number of halogens is 1. The molecule has 0 saturated carbocycles. The van der Waals surface area contributed by atoms with E-state index in [1.165, 1.54) is 0 Å². The van der Waals surface area contributed by atoms with Crippen LogP contribution < -0.4 is 0 Å². The molecule has 0 amide bonds. The molecule has 1 aromatic heterocycles. The molecule has 2 aromatic rings. The number of H-pyrrole nitrogens is 1. The van der Waals surface area contributed by atoms with Gasteiger partial charge in [0.25, 0.3) is 0 Å². The molecule has 0 aliphatic heterocycles.